The number of Topliss-reactive ketones (excluding diaryl/α,β-unsaturated/α-hetero) is 1. The lowest BCUT2D eigenvalue weighted by atomic mass is 9.79. The molecular weight excluding hydrogens is 286 g/mol. The normalized spacial score (nSPS) is 26.5. The number of ether oxygens (including phenoxy) is 1. The van der Waals surface area contributed by atoms with Gasteiger partial charge in [0.25, 0.3) is 5.69 Å². The van der Waals surface area contributed by atoms with Crippen LogP contribution in [0.5, 0.6) is 0 Å². The number of carbonyl (C=O) groups is 2. The summed E-state index contributed by atoms with van der Waals surface area (Å²) < 4.78 is 5.36. The molecule has 1 saturated carbocycles. The number of hydrogen-bond acceptors (Lipinski definition) is 5. The zero-order valence-corrected chi connectivity index (χ0v) is 11.9. The summed E-state index contributed by atoms with van der Waals surface area (Å²) in [4.78, 5) is 34.8. The van der Waals surface area contributed by atoms with Crippen LogP contribution in [0.4, 0.5) is 5.69 Å². The zero-order valence-electron chi connectivity index (χ0n) is 11.9. The van der Waals surface area contributed by atoms with Crippen LogP contribution in [0, 0.1) is 16.0 Å². The molecule has 0 amide bonds. The van der Waals surface area contributed by atoms with E-state index in [1.54, 1.807) is 6.07 Å². The Morgan fingerprint density at radius 3 is 2.77 bits per heavy atom. The third-order valence-electron chi connectivity index (χ3n) is 4.18. The van der Waals surface area contributed by atoms with Crippen LogP contribution in [-0.4, -0.2) is 22.8 Å². The molecule has 1 aliphatic heterocycles. The number of nitrogens with zero attached hydrogens (tertiary/aromatic N) is 1. The largest absolute Gasteiger partial charge is 0.458 e. The zero-order chi connectivity index (χ0) is 15.7. The van der Waals surface area contributed by atoms with Gasteiger partial charge in [-0.05, 0) is 30.9 Å². The highest BCUT2D eigenvalue weighted by Gasteiger charge is 2.42. The van der Waals surface area contributed by atoms with Gasteiger partial charge in [-0.1, -0.05) is 18.6 Å². The summed E-state index contributed by atoms with van der Waals surface area (Å²) in [6.07, 6.45) is 4.45. The average Bonchev–Trinajstić information content (AvgIpc) is 2.52. The van der Waals surface area contributed by atoms with Crippen LogP contribution in [0.2, 0.25) is 0 Å². The highest BCUT2D eigenvalue weighted by molar-refractivity contribution is 6.22. The fourth-order valence-corrected chi connectivity index (χ4v) is 3.06. The fraction of sp³-hybridized carbons (Fsp3) is 0.375. The highest BCUT2D eigenvalue weighted by Crippen LogP contribution is 2.34. The van der Waals surface area contributed by atoms with Gasteiger partial charge in [0.15, 0.2) is 5.78 Å². The van der Waals surface area contributed by atoms with E-state index in [9.17, 15) is 19.7 Å². The molecule has 0 N–H and O–H groups in total. The number of hydrogen-bond donors (Lipinski definition) is 0. The van der Waals surface area contributed by atoms with E-state index in [-0.39, 0.29) is 29.1 Å². The average molecular weight is 301 g/mol. The van der Waals surface area contributed by atoms with Crippen LogP contribution >= 0.6 is 0 Å². The van der Waals surface area contributed by atoms with Crippen molar-refractivity contribution in [2.45, 2.75) is 31.8 Å². The number of nitro benzene ring substituents is 1. The number of non-ortho nitro benzene ring substituents is 1. The predicted octanol–water partition coefficient (Wildman–Crippen LogP) is 2.66. The fourth-order valence-electron chi connectivity index (χ4n) is 3.06. The molecule has 1 aromatic carbocycles. The first-order valence-electron chi connectivity index (χ1n) is 7.27. The van der Waals surface area contributed by atoms with Gasteiger partial charge in [0, 0.05) is 12.1 Å². The number of nitro groups is 1. The van der Waals surface area contributed by atoms with E-state index in [1.165, 1.54) is 24.3 Å². The van der Waals surface area contributed by atoms with Gasteiger partial charge < -0.3 is 4.74 Å². The molecule has 6 heteroatoms. The molecule has 6 nitrogen and oxygen atoms in total. The van der Waals surface area contributed by atoms with Gasteiger partial charge in [-0.15, -0.1) is 0 Å². The number of fused-ring (bicyclic) bond motifs is 1. The van der Waals surface area contributed by atoms with Crippen molar-refractivity contribution in [1.29, 1.82) is 0 Å². The van der Waals surface area contributed by atoms with Gasteiger partial charge in [-0.2, -0.15) is 0 Å². The van der Waals surface area contributed by atoms with Crippen molar-refractivity contribution in [3.63, 3.8) is 0 Å². The first-order chi connectivity index (χ1) is 10.6. The van der Waals surface area contributed by atoms with Crippen molar-refractivity contribution < 1.29 is 19.2 Å². The molecule has 0 aromatic heterocycles. The van der Waals surface area contributed by atoms with Gasteiger partial charge in [-0.25, -0.2) is 4.79 Å². The Kier molecular flexibility index (Phi) is 3.75. The molecule has 1 aromatic rings. The minimum Gasteiger partial charge on any atom is -0.458 e. The van der Waals surface area contributed by atoms with Crippen molar-refractivity contribution in [2.24, 2.45) is 5.92 Å². The Morgan fingerprint density at radius 1 is 1.23 bits per heavy atom. The SMILES string of the molecule is O=C1OC2CCCCC2C(=O)C1=Cc1cccc([N+](=O)[O-])c1. The molecular formula is C16H15NO5. The van der Waals surface area contributed by atoms with E-state index in [2.05, 4.69) is 0 Å². The molecule has 0 spiro atoms. The first kappa shape index (κ1) is 14.4. The molecule has 2 atom stereocenters. The summed E-state index contributed by atoms with van der Waals surface area (Å²) in [6, 6.07) is 5.83. The summed E-state index contributed by atoms with van der Waals surface area (Å²) in [5.74, 6) is -1.09. The number of benzene rings is 1. The lowest BCUT2D eigenvalue weighted by Gasteiger charge is -2.34. The molecule has 114 valence electrons. The summed E-state index contributed by atoms with van der Waals surface area (Å²) >= 11 is 0. The maximum absolute atomic E-state index is 12.5. The van der Waals surface area contributed by atoms with Gasteiger partial charge in [0.1, 0.15) is 11.7 Å². The number of rotatable bonds is 2. The number of esters is 1. The number of ketones is 1. The molecule has 2 aliphatic rings. The Labute approximate surface area is 126 Å². The number of carbonyl (C=O) groups excluding carboxylic acids is 2. The molecule has 1 aliphatic carbocycles. The maximum Gasteiger partial charge on any atom is 0.342 e. The third kappa shape index (κ3) is 2.64. The molecule has 0 bridgehead atoms. The van der Waals surface area contributed by atoms with E-state index in [1.807, 2.05) is 0 Å². The topological polar surface area (TPSA) is 86.5 Å². The van der Waals surface area contributed by atoms with E-state index in [0.717, 1.165) is 25.7 Å². The van der Waals surface area contributed by atoms with Crippen molar-refractivity contribution in [2.75, 3.05) is 0 Å². The molecule has 2 fully saturated rings. The Hall–Kier alpha value is -2.50. The Bertz CT molecular complexity index is 679. The lowest BCUT2D eigenvalue weighted by molar-refractivity contribution is -0.384. The second-order valence-electron chi connectivity index (χ2n) is 5.61. The van der Waals surface area contributed by atoms with Crippen LogP contribution in [0.25, 0.3) is 6.08 Å². The minimum absolute atomic E-state index is 0.0105. The van der Waals surface area contributed by atoms with E-state index in [4.69, 9.17) is 4.74 Å². The highest BCUT2D eigenvalue weighted by atomic mass is 16.6. The maximum atomic E-state index is 12.5. The van der Waals surface area contributed by atoms with Crippen molar-refractivity contribution in [1.82, 2.24) is 0 Å². The van der Waals surface area contributed by atoms with Crippen molar-refractivity contribution >= 4 is 23.5 Å². The van der Waals surface area contributed by atoms with Crippen molar-refractivity contribution in [3.05, 3.63) is 45.5 Å². The molecule has 1 saturated heterocycles. The van der Waals surface area contributed by atoms with Crippen molar-refractivity contribution in [3.8, 4) is 0 Å². The smallest absolute Gasteiger partial charge is 0.342 e. The quantitative estimate of drug-likeness (QED) is 0.275. The molecule has 1 heterocycles. The van der Waals surface area contributed by atoms with E-state index >= 15 is 0 Å². The minimum atomic E-state index is -0.625. The second-order valence-corrected chi connectivity index (χ2v) is 5.61. The summed E-state index contributed by atoms with van der Waals surface area (Å²) in [7, 11) is 0. The van der Waals surface area contributed by atoms with Crippen LogP contribution in [0.3, 0.4) is 0 Å². The third-order valence-corrected chi connectivity index (χ3v) is 4.18. The van der Waals surface area contributed by atoms with Crippen LogP contribution < -0.4 is 0 Å². The molecule has 0 radical (unpaired) electrons. The molecule has 3 rings (SSSR count). The summed E-state index contributed by atoms with van der Waals surface area (Å²) in [5, 5.41) is 10.8. The second kappa shape index (κ2) is 5.71. The van der Waals surface area contributed by atoms with E-state index in [0.29, 0.717) is 5.56 Å². The molecule has 2 unspecified atom stereocenters. The van der Waals surface area contributed by atoms with Gasteiger partial charge in [-0.3, -0.25) is 14.9 Å². The Balaban J connectivity index is 1.92. The van der Waals surface area contributed by atoms with Crippen LogP contribution in [0.15, 0.2) is 29.8 Å². The van der Waals surface area contributed by atoms with Gasteiger partial charge in [0.2, 0.25) is 0 Å². The lowest BCUT2D eigenvalue weighted by Crippen LogP contribution is -2.42. The monoisotopic (exact) mass is 301 g/mol. The first-order valence-corrected chi connectivity index (χ1v) is 7.27. The predicted molar refractivity (Wildman–Crippen MR) is 77.9 cm³/mol. The van der Waals surface area contributed by atoms with Gasteiger partial charge in [0.05, 0.1) is 10.8 Å². The summed E-state index contributed by atoms with van der Waals surface area (Å²) in [5.41, 5.74) is 0.355. The Morgan fingerprint density at radius 2 is 2.00 bits per heavy atom. The van der Waals surface area contributed by atoms with E-state index < -0.39 is 10.9 Å². The standard InChI is InChI=1S/C16H15NO5/c18-15-12-6-1-2-7-14(12)22-16(19)13(15)9-10-4-3-5-11(8-10)17(20)21/h3-5,8-9,12,14H,1-2,6-7H2. The van der Waals surface area contributed by atoms with Crippen LogP contribution in [0.1, 0.15) is 31.2 Å². The van der Waals surface area contributed by atoms with Crippen LogP contribution in [-0.2, 0) is 14.3 Å². The summed E-state index contributed by atoms with van der Waals surface area (Å²) in [6.45, 7) is 0. The molecule has 22 heavy (non-hydrogen) atoms. The van der Waals surface area contributed by atoms with Gasteiger partial charge >= 0.3 is 5.97 Å².